The molecule has 60 heavy (non-hydrogen) atoms. The second-order valence-corrected chi connectivity index (χ2v) is 15.6. The molecule has 0 radical (unpaired) electrons. The Balaban J connectivity index is 1.14. The van der Waals surface area contributed by atoms with Gasteiger partial charge in [-0.2, -0.15) is 5.26 Å². The van der Waals surface area contributed by atoms with Crippen LogP contribution in [0.15, 0.2) is 224 Å². The van der Waals surface area contributed by atoms with E-state index in [0.29, 0.717) is 5.69 Å². The Morgan fingerprint density at radius 2 is 0.767 bits per heavy atom. The highest BCUT2D eigenvalue weighted by Gasteiger charge is 2.47. The maximum atomic E-state index is 16.6. The predicted octanol–water partition coefficient (Wildman–Crippen LogP) is 13.9. The van der Waals surface area contributed by atoms with Gasteiger partial charge in [-0.05, 0) is 109 Å². The van der Waals surface area contributed by atoms with Gasteiger partial charge >= 0.3 is 0 Å². The summed E-state index contributed by atoms with van der Waals surface area (Å²) in [4.78, 5) is 2.00. The molecule has 3 heteroatoms. The van der Waals surface area contributed by atoms with Gasteiger partial charge in [0.05, 0.1) is 28.2 Å². The fraction of sp³-hybridized carbons (Fsp3) is 0.0351. The van der Waals surface area contributed by atoms with Crippen molar-refractivity contribution < 1.29 is 4.39 Å². The van der Waals surface area contributed by atoms with E-state index in [2.05, 4.69) is 212 Å². The first-order valence-electron chi connectivity index (χ1n) is 20.3. The number of anilines is 3. The van der Waals surface area contributed by atoms with E-state index in [9.17, 15) is 5.26 Å². The molecule has 0 fully saturated rings. The average molecular weight is 769 g/mol. The van der Waals surface area contributed by atoms with Gasteiger partial charge in [-0.25, -0.2) is 4.39 Å². The van der Waals surface area contributed by atoms with Crippen LogP contribution in [0.3, 0.4) is 0 Å². The van der Waals surface area contributed by atoms with Crippen molar-refractivity contribution in [3.63, 3.8) is 0 Å². The molecule has 0 saturated heterocycles. The molecule has 282 valence electrons. The Morgan fingerprint density at radius 3 is 1.23 bits per heavy atom. The van der Waals surface area contributed by atoms with Crippen molar-refractivity contribution in [2.45, 2.75) is 10.8 Å². The fourth-order valence-corrected chi connectivity index (χ4v) is 10.3. The number of nitrogens with zero attached hydrogens (tertiary/aromatic N) is 2. The number of hydrogen-bond acceptors (Lipinski definition) is 2. The zero-order valence-corrected chi connectivity index (χ0v) is 32.6. The molecule has 0 spiro atoms. The van der Waals surface area contributed by atoms with E-state index >= 15 is 4.39 Å². The van der Waals surface area contributed by atoms with Crippen LogP contribution in [-0.4, -0.2) is 0 Å². The van der Waals surface area contributed by atoms with E-state index < -0.39 is 16.6 Å². The first-order valence-corrected chi connectivity index (χ1v) is 20.3. The third kappa shape index (κ3) is 5.04. The Labute approximate surface area is 349 Å². The Kier molecular flexibility index (Phi) is 8.22. The summed E-state index contributed by atoms with van der Waals surface area (Å²) in [6, 6.07) is 80.3. The predicted molar refractivity (Wildman–Crippen MR) is 240 cm³/mol. The van der Waals surface area contributed by atoms with Crippen LogP contribution in [0, 0.1) is 17.1 Å². The quantitative estimate of drug-likeness (QED) is 0.161. The van der Waals surface area contributed by atoms with Gasteiger partial charge in [0.1, 0.15) is 5.82 Å². The minimum Gasteiger partial charge on any atom is -0.308 e. The number of hydrogen-bond donors (Lipinski definition) is 0. The summed E-state index contributed by atoms with van der Waals surface area (Å²) < 4.78 is 16.6. The number of benzene rings is 9. The summed E-state index contributed by atoms with van der Waals surface area (Å²) in [7, 11) is 0. The summed E-state index contributed by atoms with van der Waals surface area (Å²) in [5.41, 5.74) is 15.2. The van der Waals surface area contributed by atoms with Crippen molar-refractivity contribution in [1.29, 1.82) is 5.26 Å². The Hall–Kier alpha value is -7.80. The van der Waals surface area contributed by atoms with Crippen LogP contribution in [0.5, 0.6) is 0 Å². The van der Waals surface area contributed by atoms with E-state index in [1.165, 1.54) is 45.0 Å². The highest BCUT2D eigenvalue weighted by molar-refractivity contribution is 5.90. The normalized spacial score (nSPS) is 13.7. The lowest BCUT2D eigenvalue weighted by Crippen LogP contribution is -2.29. The third-order valence-electron chi connectivity index (χ3n) is 12.7. The molecule has 2 nitrogen and oxygen atoms in total. The topological polar surface area (TPSA) is 27.0 Å². The number of rotatable bonds is 7. The van der Waals surface area contributed by atoms with Crippen LogP contribution in [0.2, 0.25) is 0 Å². The first-order chi connectivity index (χ1) is 29.6. The van der Waals surface area contributed by atoms with E-state index in [1.54, 1.807) is 12.1 Å². The van der Waals surface area contributed by atoms with Crippen LogP contribution in [-0.2, 0) is 10.8 Å². The van der Waals surface area contributed by atoms with Crippen molar-refractivity contribution in [3.05, 3.63) is 280 Å². The van der Waals surface area contributed by atoms with Crippen LogP contribution < -0.4 is 4.90 Å². The summed E-state index contributed by atoms with van der Waals surface area (Å²) in [6.07, 6.45) is 0. The first kappa shape index (κ1) is 35.4. The summed E-state index contributed by atoms with van der Waals surface area (Å²) in [5.74, 6) is -0.473. The van der Waals surface area contributed by atoms with Crippen molar-refractivity contribution >= 4 is 17.1 Å². The van der Waals surface area contributed by atoms with Gasteiger partial charge in [0.25, 0.3) is 0 Å². The molecule has 9 aromatic rings. The molecule has 9 aromatic carbocycles. The lowest BCUT2D eigenvalue weighted by Gasteiger charge is -2.35. The SMILES string of the molecule is N#Cc1ccc(N(c2ccc(C3(c4ccccc4)c4ccccc4-c4ccccc43)cc2)c2ccc3c(c2)C(c2ccccc2)(c2ccccc2)c2ccccc2-3)c(F)c1. The molecule has 0 atom stereocenters. The maximum absolute atomic E-state index is 16.6. The lowest BCUT2D eigenvalue weighted by atomic mass is 9.67. The molecule has 0 unspecified atom stereocenters. The van der Waals surface area contributed by atoms with Gasteiger partial charge in [-0.1, -0.05) is 182 Å². The molecule has 2 aliphatic rings. The highest BCUT2D eigenvalue weighted by atomic mass is 19.1. The molecular formula is C57H37FN2. The molecule has 0 amide bonds. The van der Waals surface area contributed by atoms with Crippen molar-refractivity contribution in [2.24, 2.45) is 0 Å². The van der Waals surface area contributed by atoms with Gasteiger partial charge in [-0.15, -0.1) is 0 Å². The minimum absolute atomic E-state index is 0.270. The van der Waals surface area contributed by atoms with Crippen LogP contribution >= 0.6 is 0 Å². The average Bonchev–Trinajstić information content (AvgIpc) is 3.79. The van der Waals surface area contributed by atoms with Crippen LogP contribution in [0.1, 0.15) is 50.1 Å². The largest absolute Gasteiger partial charge is 0.308 e. The van der Waals surface area contributed by atoms with Gasteiger partial charge in [0.2, 0.25) is 0 Å². The maximum Gasteiger partial charge on any atom is 0.148 e. The molecular weight excluding hydrogens is 732 g/mol. The second kappa shape index (κ2) is 13.9. The molecule has 2 aliphatic carbocycles. The molecule has 0 aliphatic heterocycles. The number of fused-ring (bicyclic) bond motifs is 6. The third-order valence-corrected chi connectivity index (χ3v) is 12.7. The summed E-state index contributed by atoms with van der Waals surface area (Å²) >= 11 is 0. The van der Waals surface area contributed by atoms with E-state index in [-0.39, 0.29) is 5.56 Å². The Morgan fingerprint density at radius 1 is 0.367 bits per heavy atom. The van der Waals surface area contributed by atoms with Gasteiger partial charge in [0, 0.05) is 11.4 Å². The van der Waals surface area contributed by atoms with Crippen LogP contribution in [0.4, 0.5) is 21.5 Å². The van der Waals surface area contributed by atoms with E-state index in [1.807, 2.05) is 4.90 Å². The standard InChI is InChI=1S/C57H37FN2/c58-54-36-39(38-59)28-35-55(54)60(44-31-29-43(30-32-44)56(40-16-4-1-5-17-40)50-25-13-10-22-46(50)47-23-11-14-26-51(47)56)45-33-34-49-48-24-12-15-27-52(48)57(53(49)37-45,41-18-6-2-7-19-41)42-20-8-3-9-21-42/h1-37H. The monoisotopic (exact) mass is 768 g/mol. The molecule has 0 aromatic heterocycles. The number of nitriles is 1. The lowest BCUT2D eigenvalue weighted by molar-refractivity contribution is 0.628. The van der Waals surface area contributed by atoms with Crippen LogP contribution in [0.25, 0.3) is 22.3 Å². The van der Waals surface area contributed by atoms with Crippen molar-refractivity contribution in [3.8, 4) is 28.3 Å². The molecule has 0 bridgehead atoms. The zero-order chi connectivity index (χ0) is 40.3. The molecule has 11 rings (SSSR count). The molecule has 0 heterocycles. The smallest absolute Gasteiger partial charge is 0.148 e. The number of halogens is 1. The summed E-state index contributed by atoms with van der Waals surface area (Å²) in [6.45, 7) is 0. The minimum atomic E-state index is -0.630. The summed E-state index contributed by atoms with van der Waals surface area (Å²) in [5, 5.41) is 9.75. The van der Waals surface area contributed by atoms with Gasteiger partial charge in [-0.3, -0.25) is 0 Å². The van der Waals surface area contributed by atoms with Crippen molar-refractivity contribution in [1.82, 2.24) is 0 Å². The van der Waals surface area contributed by atoms with Gasteiger partial charge in [0.15, 0.2) is 0 Å². The molecule has 0 N–H and O–H groups in total. The van der Waals surface area contributed by atoms with Crippen molar-refractivity contribution in [2.75, 3.05) is 4.90 Å². The fourth-order valence-electron chi connectivity index (χ4n) is 10.3. The second-order valence-electron chi connectivity index (χ2n) is 15.6. The van der Waals surface area contributed by atoms with E-state index in [4.69, 9.17) is 0 Å². The molecule has 0 saturated carbocycles. The highest BCUT2D eigenvalue weighted by Crippen LogP contribution is 2.58. The van der Waals surface area contributed by atoms with Gasteiger partial charge < -0.3 is 4.90 Å². The Bertz CT molecular complexity index is 3030. The van der Waals surface area contributed by atoms with E-state index in [0.717, 1.165) is 39.2 Å². The zero-order valence-electron chi connectivity index (χ0n) is 32.6.